The second kappa shape index (κ2) is 5.84. The van der Waals surface area contributed by atoms with Gasteiger partial charge in [0.1, 0.15) is 5.22 Å². The zero-order valence-electron chi connectivity index (χ0n) is 12.2. The van der Waals surface area contributed by atoms with E-state index in [9.17, 15) is 0 Å². The Hall–Kier alpha value is -3.28. The van der Waals surface area contributed by atoms with E-state index in [1.807, 2.05) is 41.1 Å². The molecule has 0 bridgehead atoms. The molecule has 2 aromatic heterocycles. The van der Waals surface area contributed by atoms with E-state index in [0.717, 1.165) is 22.7 Å². The first-order valence-electron chi connectivity index (χ1n) is 7.24. The highest BCUT2D eigenvalue weighted by Crippen LogP contribution is 2.23. The van der Waals surface area contributed by atoms with Crippen LogP contribution in [0.3, 0.4) is 0 Å². The van der Waals surface area contributed by atoms with Crippen molar-refractivity contribution < 1.29 is 4.70 Å². The summed E-state index contributed by atoms with van der Waals surface area (Å²) in [6.45, 7) is 0.551. The van der Waals surface area contributed by atoms with Gasteiger partial charge in [-0.3, -0.25) is 4.98 Å². The van der Waals surface area contributed by atoms with Crippen molar-refractivity contribution in [3.63, 3.8) is 0 Å². The van der Waals surface area contributed by atoms with E-state index in [-0.39, 0.29) is 0 Å². The summed E-state index contributed by atoms with van der Waals surface area (Å²) in [5, 5.41) is 8.41. The van der Waals surface area contributed by atoms with Crippen molar-refractivity contribution in [2.24, 2.45) is 10.3 Å². The van der Waals surface area contributed by atoms with Crippen molar-refractivity contribution in [1.29, 1.82) is 0 Å². The minimum atomic E-state index is 0.551. The molecule has 6 nitrogen and oxygen atoms in total. The molecule has 0 aliphatic carbocycles. The lowest BCUT2D eigenvalue weighted by molar-refractivity contribution is -0.492. The highest BCUT2D eigenvalue weighted by atomic mass is 15.5. The minimum absolute atomic E-state index is 0.551. The molecule has 0 N–H and O–H groups in total. The Labute approximate surface area is 132 Å². The molecule has 0 spiro atoms. The first-order chi connectivity index (χ1) is 11.4. The lowest BCUT2D eigenvalue weighted by Gasteiger charge is -2.02. The van der Waals surface area contributed by atoms with Crippen LogP contribution in [0.25, 0.3) is 11.3 Å². The number of hydrogen-bond donors (Lipinski definition) is 0. The molecular formula is C17H13N6+. The maximum Gasteiger partial charge on any atom is 0.268 e. The Morgan fingerprint density at radius 2 is 1.70 bits per heavy atom. The third kappa shape index (κ3) is 2.74. The first kappa shape index (κ1) is 13.4. The fraction of sp³-hybridized carbons (Fsp3) is 0.0588. The van der Waals surface area contributed by atoms with Gasteiger partial charge in [-0.1, -0.05) is 18.2 Å². The van der Waals surface area contributed by atoms with Gasteiger partial charge in [-0.2, -0.15) is 0 Å². The van der Waals surface area contributed by atoms with Gasteiger partial charge in [0.05, 0.1) is 10.8 Å². The molecule has 1 aliphatic rings. The fourth-order valence-electron chi connectivity index (χ4n) is 2.38. The summed E-state index contributed by atoms with van der Waals surface area (Å²) in [7, 11) is 0. The molecule has 6 heteroatoms. The van der Waals surface area contributed by atoms with Crippen molar-refractivity contribution in [3.8, 4) is 11.3 Å². The van der Waals surface area contributed by atoms with Gasteiger partial charge >= 0.3 is 0 Å². The summed E-state index contributed by atoms with van der Waals surface area (Å²) < 4.78 is 1.83. The topological polar surface area (TPSA) is 66.4 Å². The Balaban J connectivity index is 1.59. The van der Waals surface area contributed by atoms with Crippen molar-refractivity contribution in [2.75, 3.05) is 6.54 Å². The van der Waals surface area contributed by atoms with Gasteiger partial charge in [-0.05, 0) is 30.3 Å². The van der Waals surface area contributed by atoms with Crippen LogP contribution in [0.15, 0.2) is 77.4 Å². The fourth-order valence-corrected chi connectivity index (χ4v) is 2.38. The number of rotatable bonds is 3. The normalized spacial score (nSPS) is 13.6. The van der Waals surface area contributed by atoms with Crippen LogP contribution < -0.4 is 0 Å². The minimum Gasteiger partial charge on any atom is -0.256 e. The molecule has 0 amide bonds. The number of hydrogen-bond acceptors (Lipinski definition) is 5. The Kier molecular flexibility index (Phi) is 3.40. The molecule has 1 aromatic carbocycles. The lowest BCUT2D eigenvalue weighted by atomic mass is 10.1. The molecule has 0 unspecified atom stereocenters. The third-order valence-electron chi connectivity index (χ3n) is 3.50. The van der Waals surface area contributed by atoms with Crippen molar-refractivity contribution in [3.05, 3.63) is 72.9 Å². The van der Waals surface area contributed by atoms with Gasteiger partial charge in [0.2, 0.25) is 5.82 Å². The van der Waals surface area contributed by atoms with Crippen LogP contribution in [-0.4, -0.2) is 31.9 Å². The van der Waals surface area contributed by atoms with Crippen LogP contribution in [-0.2, 0) is 0 Å². The van der Waals surface area contributed by atoms with Crippen molar-refractivity contribution in [1.82, 2.24) is 15.0 Å². The van der Waals surface area contributed by atoms with Crippen LogP contribution >= 0.6 is 0 Å². The molecule has 110 valence electrons. The summed E-state index contributed by atoms with van der Waals surface area (Å²) >= 11 is 0. The molecule has 0 saturated carbocycles. The second-order valence-electron chi connectivity index (χ2n) is 5.03. The van der Waals surface area contributed by atoms with E-state index < -0.39 is 0 Å². The number of nitrogens with zero attached hydrogens (tertiary/aromatic N) is 6. The van der Waals surface area contributed by atoms with E-state index in [1.165, 1.54) is 0 Å². The molecular weight excluding hydrogens is 288 g/mol. The number of benzene rings is 1. The second-order valence-corrected chi connectivity index (χ2v) is 5.03. The highest BCUT2D eigenvalue weighted by Gasteiger charge is 2.25. The maximum atomic E-state index is 4.38. The van der Waals surface area contributed by atoms with E-state index >= 15 is 0 Å². The average molecular weight is 301 g/mol. The lowest BCUT2D eigenvalue weighted by Crippen LogP contribution is -2.14. The summed E-state index contributed by atoms with van der Waals surface area (Å²) in [4.78, 5) is 12.8. The Morgan fingerprint density at radius 1 is 0.826 bits per heavy atom. The van der Waals surface area contributed by atoms with Gasteiger partial charge in [-0.15, -0.1) is 4.70 Å². The molecule has 0 saturated heterocycles. The van der Waals surface area contributed by atoms with Gasteiger partial charge in [0.25, 0.3) is 5.71 Å². The Bertz CT molecular complexity index is 887. The molecule has 4 rings (SSSR count). The van der Waals surface area contributed by atoms with Crippen molar-refractivity contribution in [2.45, 2.75) is 0 Å². The standard InChI is InChI=1S/C17H13N6/c1-2-8-18-15(7-1)13-5-3-6-14(11-13)23-12-16(21-22-23)17-19-9-4-10-20-17/h1-11H,12H2/q+1. The van der Waals surface area contributed by atoms with Crippen LogP contribution in [0.1, 0.15) is 5.82 Å². The summed E-state index contributed by atoms with van der Waals surface area (Å²) in [5.74, 6) is 0.611. The van der Waals surface area contributed by atoms with E-state index in [2.05, 4.69) is 31.3 Å². The van der Waals surface area contributed by atoms with Gasteiger partial charge in [0.15, 0.2) is 12.2 Å². The summed E-state index contributed by atoms with van der Waals surface area (Å²) in [5.41, 5.74) is 3.69. The molecule has 1 aliphatic heterocycles. The highest BCUT2D eigenvalue weighted by molar-refractivity contribution is 5.98. The van der Waals surface area contributed by atoms with E-state index in [1.54, 1.807) is 24.7 Å². The zero-order chi connectivity index (χ0) is 15.5. The number of pyridine rings is 1. The van der Waals surface area contributed by atoms with Crippen LogP contribution in [0, 0.1) is 0 Å². The predicted molar refractivity (Wildman–Crippen MR) is 85.5 cm³/mol. The quantitative estimate of drug-likeness (QED) is 0.698. The molecule has 0 atom stereocenters. The first-order valence-corrected chi connectivity index (χ1v) is 7.24. The van der Waals surface area contributed by atoms with Gasteiger partial charge in [0, 0.05) is 24.2 Å². The van der Waals surface area contributed by atoms with E-state index in [4.69, 9.17) is 0 Å². The molecule has 0 radical (unpaired) electrons. The molecule has 3 aromatic rings. The smallest absolute Gasteiger partial charge is 0.256 e. The monoisotopic (exact) mass is 301 g/mol. The largest absolute Gasteiger partial charge is 0.268 e. The number of aromatic nitrogens is 3. The zero-order valence-corrected chi connectivity index (χ0v) is 12.2. The summed E-state index contributed by atoms with van der Waals surface area (Å²) in [6, 6.07) is 15.7. The van der Waals surface area contributed by atoms with E-state index in [0.29, 0.717) is 12.4 Å². The molecule has 23 heavy (non-hydrogen) atoms. The van der Waals surface area contributed by atoms with Crippen LogP contribution in [0.2, 0.25) is 0 Å². The molecule has 0 fully saturated rings. The van der Waals surface area contributed by atoms with Crippen molar-refractivity contribution >= 4 is 11.4 Å². The average Bonchev–Trinajstić information content (AvgIpc) is 3.14. The predicted octanol–water partition coefficient (Wildman–Crippen LogP) is 3.05. The Morgan fingerprint density at radius 3 is 2.52 bits per heavy atom. The maximum absolute atomic E-state index is 4.38. The SMILES string of the molecule is c1ccc(-c2cccc([N+]3=NN=C(c4ncccn4)C3)c2)nc1. The third-order valence-corrected chi connectivity index (χ3v) is 3.50. The van der Waals surface area contributed by atoms with Crippen LogP contribution in [0.5, 0.6) is 0 Å². The summed E-state index contributed by atoms with van der Waals surface area (Å²) in [6.07, 6.45) is 5.20. The molecule has 3 heterocycles. The van der Waals surface area contributed by atoms with Gasteiger partial charge in [-0.25, -0.2) is 9.97 Å². The van der Waals surface area contributed by atoms with Gasteiger partial charge < -0.3 is 0 Å². The van der Waals surface area contributed by atoms with Crippen LogP contribution in [0.4, 0.5) is 5.69 Å².